The van der Waals surface area contributed by atoms with Crippen LogP contribution in [0.15, 0.2) is 41.4 Å². The van der Waals surface area contributed by atoms with Gasteiger partial charge in [-0.2, -0.15) is 5.10 Å². The van der Waals surface area contributed by atoms with E-state index in [1.54, 1.807) is 17.0 Å². The molecule has 8 heterocycles. The number of imide groups is 1. The number of carbonyl (C=O) groups excluding carboxylic acids is 3. The van der Waals surface area contributed by atoms with Gasteiger partial charge in [0.05, 0.1) is 22.2 Å². The molecule has 4 N–H and O–H groups in total. The summed E-state index contributed by atoms with van der Waals surface area (Å²) in [6, 6.07) is 4.90. The van der Waals surface area contributed by atoms with Gasteiger partial charge in [0.15, 0.2) is 17.2 Å². The van der Waals surface area contributed by atoms with Crippen LogP contribution in [0.3, 0.4) is 0 Å². The Balaban J connectivity index is 0.665. The van der Waals surface area contributed by atoms with Crippen molar-refractivity contribution in [3.63, 3.8) is 0 Å². The lowest BCUT2D eigenvalue weighted by atomic mass is 9.91. The van der Waals surface area contributed by atoms with Crippen LogP contribution in [0.4, 0.5) is 26.4 Å². The number of aromatic nitrogens is 7. The second-order valence-electron chi connectivity index (χ2n) is 19.6. The van der Waals surface area contributed by atoms with E-state index in [1.807, 2.05) is 17.1 Å². The first-order chi connectivity index (χ1) is 32.4. The van der Waals surface area contributed by atoms with Gasteiger partial charge in [0.2, 0.25) is 11.8 Å². The van der Waals surface area contributed by atoms with E-state index in [0.29, 0.717) is 84.1 Å². The van der Waals surface area contributed by atoms with Gasteiger partial charge in [-0.1, -0.05) is 5.16 Å². The summed E-state index contributed by atoms with van der Waals surface area (Å²) in [4.78, 5) is 64.1. The normalized spacial score (nSPS) is 20.7. The van der Waals surface area contributed by atoms with Crippen LogP contribution in [-0.2, 0) is 19.9 Å². The van der Waals surface area contributed by atoms with Crippen LogP contribution in [0.1, 0.15) is 95.3 Å². The van der Waals surface area contributed by atoms with Gasteiger partial charge in [-0.25, -0.2) is 33.8 Å². The number of anilines is 3. The number of likely N-dealkylation sites (tertiary alicyclic amines) is 2. The molecule has 5 aliphatic rings. The average molecular weight is 919 g/mol. The predicted molar refractivity (Wildman–Crippen MR) is 248 cm³/mol. The fourth-order valence-electron chi connectivity index (χ4n) is 10.1. The highest BCUT2D eigenvalue weighted by atomic mass is 19.1. The number of amides is 3. The molecule has 0 bridgehead atoms. The number of fused-ring (bicyclic) bond motifs is 1. The number of nitrogen functional groups attached to an aromatic ring is 1. The summed E-state index contributed by atoms with van der Waals surface area (Å²) in [7, 11) is 0. The van der Waals surface area contributed by atoms with Gasteiger partial charge in [-0.15, -0.1) is 0 Å². The number of piperidine rings is 3. The second-order valence-corrected chi connectivity index (χ2v) is 19.6. The van der Waals surface area contributed by atoms with Crippen LogP contribution in [0.2, 0.25) is 0 Å². The Labute approximate surface area is 388 Å². The highest BCUT2D eigenvalue weighted by Gasteiger charge is 2.37. The van der Waals surface area contributed by atoms with Crippen LogP contribution in [-0.4, -0.2) is 145 Å². The van der Waals surface area contributed by atoms with Crippen molar-refractivity contribution < 1.29 is 28.0 Å². The van der Waals surface area contributed by atoms with E-state index in [4.69, 9.17) is 30.1 Å². The summed E-state index contributed by atoms with van der Waals surface area (Å²) in [5, 5.41) is 15.5. The standard InChI is InChI=1S/C47H59FN14O5/c1-47(2,3)62-44-38(42(49)52-27-53-44)39(56-62)40-37(41(67-57-40)29-4-5-29)43-50-25-30(26-51-43)28-10-16-61(17-11-28)46(65)66-23-22-58-14-12-32(13-15-58)59-18-20-60(21-19-59)35-8-6-31(24-33(35)48)54-34-7-9-36(63)55-45(34)64/h6,8,24-29,32,34,54H,4-5,7,9-23H2,1-3H3,(H2,49,52,53)(H,55,63,64). The molecule has 20 heteroatoms. The van der Waals surface area contributed by atoms with Crippen molar-refractivity contribution in [3.05, 3.63) is 54.1 Å². The smallest absolute Gasteiger partial charge is 0.409 e. The molecular weight excluding hydrogens is 860 g/mol. The van der Waals surface area contributed by atoms with Crippen LogP contribution in [0.25, 0.3) is 33.8 Å². The molecule has 3 amide bonds. The summed E-state index contributed by atoms with van der Waals surface area (Å²) >= 11 is 0. The van der Waals surface area contributed by atoms with Crippen molar-refractivity contribution in [2.75, 3.05) is 81.5 Å². The summed E-state index contributed by atoms with van der Waals surface area (Å²) in [5.41, 5.74) is 10.5. The van der Waals surface area contributed by atoms with Gasteiger partial charge in [0, 0.05) is 82.3 Å². The average Bonchev–Trinajstić information content (AvgIpc) is 3.94. The Morgan fingerprint density at radius 2 is 1.66 bits per heavy atom. The van der Waals surface area contributed by atoms with E-state index >= 15 is 4.39 Å². The van der Waals surface area contributed by atoms with Crippen LogP contribution in [0.5, 0.6) is 0 Å². The van der Waals surface area contributed by atoms with Crippen molar-refractivity contribution in [3.8, 4) is 22.8 Å². The van der Waals surface area contributed by atoms with E-state index in [2.05, 4.69) is 61.2 Å². The van der Waals surface area contributed by atoms with Crippen LogP contribution >= 0.6 is 0 Å². The number of halogens is 1. The number of hydrogen-bond donors (Lipinski definition) is 3. The Hall–Kier alpha value is -6.28. The molecule has 5 aromatic rings. The zero-order valence-corrected chi connectivity index (χ0v) is 38.4. The minimum atomic E-state index is -0.557. The maximum absolute atomic E-state index is 15.3. The minimum absolute atomic E-state index is 0.208. The number of nitrogens with two attached hydrogens (primary N) is 1. The van der Waals surface area contributed by atoms with E-state index in [1.165, 1.54) is 12.4 Å². The van der Waals surface area contributed by atoms with Gasteiger partial charge in [-0.3, -0.25) is 24.7 Å². The summed E-state index contributed by atoms with van der Waals surface area (Å²) in [6.45, 7) is 13.4. The Morgan fingerprint density at radius 1 is 0.910 bits per heavy atom. The molecule has 19 nitrogen and oxygen atoms in total. The summed E-state index contributed by atoms with van der Waals surface area (Å²) in [6.07, 6.45) is 11.2. The maximum atomic E-state index is 15.3. The van der Waals surface area contributed by atoms with Gasteiger partial charge in [0.1, 0.15) is 42.0 Å². The molecule has 354 valence electrons. The third-order valence-electron chi connectivity index (χ3n) is 14.0. The van der Waals surface area contributed by atoms with Crippen molar-refractivity contribution in [2.24, 2.45) is 0 Å². The molecule has 67 heavy (non-hydrogen) atoms. The molecule has 0 spiro atoms. The molecule has 1 atom stereocenters. The molecule has 1 aromatic carbocycles. The van der Waals surface area contributed by atoms with Crippen molar-refractivity contribution in [1.29, 1.82) is 0 Å². The third-order valence-corrected chi connectivity index (χ3v) is 14.0. The lowest BCUT2D eigenvalue weighted by Gasteiger charge is -2.43. The van der Waals surface area contributed by atoms with Crippen molar-refractivity contribution in [2.45, 2.75) is 102 Å². The molecule has 10 rings (SSSR count). The van der Waals surface area contributed by atoms with Crippen molar-refractivity contribution in [1.82, 2.24) is 54.9 Å². The molecule has 5 fully saturated rings. The Morgan fingerprint density at radius 3 is 2.34 bits per heavy atom. The van der Waals surface area contributed by atoms with Crippen LogP contribution < -0.4 is 21.3 Å². The molecule has 4 aromatic heterocycles. The largest absolute Gasteiger partial charge is 0.448 e. The number of piperazine rings is 1. The zero-order valence-electron chi connectivity index (χ0n) is 38.4. The summed E-state index contributed by atoms with van der Waals surface area (Å²) in [5.74, 6) is 1.04. The second kappa shape index (κ2) is 18.4. The molecule has 1 unspecified atom stereocenters. The maximum Gasteiger partial charge on any atom is 0.409 e. The quantitative estimate of drug-likeness (QED) is 0.147. The molecule has 1 aliphatic carbocycles. The monoisotopic (exact) mass is 918 g/mol. The highest BCUT2D eigenvalue weighted by Crippen LogP contribution is 2.48. The number of rotatable bonds is 11. The molecular formula is C47H59FN14O5. The van der Waals surface area contributed by atoms with Gasteiger partial charge >= 0.3 is 6.09 Å². The Kier molecular flexibility index (Phi) is 12.3. The molecule has 0 radical (unpaired) electrons. The predicted octanol–water partition coefficient (Wildman–Crippen LogP) is 5.11. The fourth-order valence-corrected chi connectivity index (χ4v) is 10.1. The van der Waals surface area contributed by atoms with E-state index in [0.717, 1.165) is 94.7 Å². The van der Waals surface area contributed by atoms with E-state index < -0.39 is 6.04 Å². The van der Waals surface area contributed by atoms with E-state index in [9.17, 15) is 14.4 Å². The zero-order chi connectivity index (χ0) is 46.4. The fraction of sp³-hybridized carbons (Fsp3) is 0.553. The number of benzene rings is 1. The number of nitrogens with one attached hydrogen (secondary N) is 2. The first-order valence-corrected chi connectivity index (χ1v) is 23.7. The first kappa shape index (κ1) is 44.6. The number of carbonyl (C=O) groups is 3. The van der Waals surface area contributed by atoms with E-state index in [-0.39, 0.29) is 47.5 Å². The molecule has 4 saturated heterocycles. The lowest BCUT2D eigenvalue weighted by Crippen LogP contribution is -2.53. The topological polar surface area (TPSA) is 219 Å². The van der Waals surface area contributed by atoms with Crippen molar-refractivity contribution >= 4 is 46.1 Å². The third kappa shape index (κ3) is 9.37. The number of ether oxygens (including phenoxy) is 1. The SMILES string of the molecule is CC(C)(C)n1nc(-c2noc(C3CC3)c2-c2ncc(C3CCN(C(=O)OCCN4CCC(N5CCN(c6ccc(NC7CCC(=O)NC7=O)cc6F)CC5)CC4)CC3)cn2)c2c(N)ncnc21. The van der Waals surface area contributed by atoms with Crippen LogP contribution in [0, 0.1) is 5.82 Å². The summed E-state index contributed by atoms with van der Waals surface area (Å²) < 4.78 is 28.9. The Bertz CT molecular complexity index is 2620. The minimum Gasteiger partial charge on any atom is -0.448 e. The molecule has 1 saturated carbocycles. The first-order valence-electron chi connectivity index (χ1n) is 23.7. The number of hydrogen-bond acceptors (Lipinski definition) is 16. The number of nitrogens with zero attached hydrogens (tertiary/aromatic N) is 11. The van der Waals surface area contributed by atoms with Gasteiger partial charge < -0.3 is 30.1 Å². The lowest BCUT2D eigenvalue weighted by molar-refractivity contribution is -0.133. The highest BCUT2D eigenvalue weighted by molar-refractivity contribution is 6.02. The molecule has 4 aliphatic heterocycles. The van der Waals surface area contributed by atoms with Gasteiger partial charge in [-0.05, 0) is 108 Å². The van der Waals surface area contributed by atoms with Gasteiger partial charge in [0.25, 0.3) is 0 Å².